The van der Waals surface area contributed by atoms with E-state index >= 15 is 0 Å². The van der Waals surface area contributed by atoms with Crippen LogP contribution in [0.2, 0.25) is 0 Å². The minimum atomic E-state index is -0.398. The monoisotopic (exact) mass is 263 g/mol. The van der Waals surface area contributed by atoms with E-state index in [2.05, 4.69) is 0 Å². The molecule has 19 heavy (non-hydrogen) atoms. The maximum Gasteiger partial charge on any atom is 0.263 e. The molecule has 4 nitrogen and oxygen atoms in total. The van der Waals surface area contributed by atoms with Crippen molar-refractivity contribution in [2.75, 3.05) is 20.2 Å². The lowest BCUT2D eigenvalue weighted by Crippen LogP contribution is -2.40. The summed E-state index contributed by atoms with van der Waals surface area (Å²) in [6.07, 6.45) is 2.47. The molecule has 4 heteroatoms. The van der Waals surface area contributed by atoms with Crippen LogP contribution in [0.4, 0.5) is 0 Å². The molecule has 0 aromatic heterocycles. The Morgan fingerprint density at radius 1 is 1.32 bits per heavy atom. The van der Waals surface area contributed by atoms with Crippen molar-refractivity contribution in [3.63, 3.8) is 0 Å². The number of methoxy groups -OCH3 is 1. The van der Waals surface area contributed by atoms with Crippen molar-refractivity contribution < 1.29 is 14.3 Å². The van der Waals surface area contributed by atoms with Gasteiger partial charge in [0.2, 0.25) is 0 Å². The topological polar surface area (TPSA) is 38.8 Å². The largest absolute Gasteiger partial charge is 0.497 e. The molecule has 1 atom stereocenters. The highest BCUT2D eigenvalue weighted by atomic mass is 16.5. The van der Waals surface area contributed by atoms with Crippen molar-refractivity contribution in [3.8, 4) is 11.5 Å². The third-order valence-electron chi connectivity index (χ3n) is 3.38. The highest BCUT2D eigenvalue weighted by molar-refractivity contribution is 5.81. The van der Waals surface area contributed by atoms with E-state index in [-0.39, 0.29) is 5.91 Å². The van der Waals surface area contributed by atoms with Crippen LogP contribution >= 0.6 is 0 Å². The van der Waals surface area contributed by atoms with Crippen LogP contribution in [0.5, 0.6) is 11.5 Å². The Morgan fingerprint density at radius 2 is 2.00 bits per heavy atom. The minimum absolute atomic E-state index is 0.0998. The van der Waals surface area contributed by atoms with Crippen LogP contribution in [0.25, 0.3) is 0 Å². The van der Waals surface area contributed by atoms with Crippen LogP contribution in [0.3, 0.4) is 0 Å². The lowest BCUT2D eigenvalue weighted by atomic mass is 10.2. The van der Waals surface area contributed by atoms with Crippen molar-refractivity contribution in [2.24, 2.45) is 0 Å². The fourth-order valence-electron chi connectivity index (χ4n) is 2.29. The third kappa shape index (κ3) is 3.40. The fraction of sp³-hybridized carbons (Fsp3) is 0.533. The van der Waals surface area contributed by atoms with Crippen LogP contribution in [-0.2, 0) is 4.79 Å². The number of carbonyl (C=O) groups excluding carboxylic acids is 1. The third-order valence-corrected chi connectivity index (χ3v) is 3.38. The Kier molecular flexibility index (Phi) is 4.66. The van der Waals surface area contributed by atoms with E-state index < -0.39 is 6.10 Å². The van der Waals surface area contributed by atoms with E-state index in [0.717, 1.165) is 31.7 Å². The lowest BCUT2D eigenvalue weighted by molar-refractivity contribution is -0.137. The van der Waals surface area contributed by atoms with Crippen molar-refractivity contribution in [3.05, 3.63) is 24.3 Å². The molecule has 1 amide bonds. The number of hydrogen-bond acceptors (Lipinski definition) is 3. The van der Waals surface area contributed by atoms with Gasteiger partial charge in [-0.1, -0.05) is 13.0 Å². The first-order chi connectivity index (χ1) is 9.24. The summed E-state index contributed by atoms with van der Waals surface area (Å²) in [4.78, 5) is 14.2. The molecule has 0 spiro atoms. The van der Waals surface area contributed by atoms with Crippen LogP contribution < -0.4 is 9.47 Å². The average Bonchev–Trinajstić information content (AvgIpc) is 2.98. The zero-order valence-electron chi connectivity index (χ0n) is 11.6. The minimum Gasteiger partial charge on any atom is -0.497 e. The molecule has 0 radical (unpaired) electrons. The normalized spacial score (nSPS) is 16.2. The second-order valence-electron chi connectivity index (χ2n) is 4.73. The second-order valence-corrected chi connectivity index (χ2v) is 4.73. The molecule has 1 fully saturated rings. The molecule has 1 aliphatic heterocycles. The van der Waals surface area contributed by atoms with E-state index in [1.165, 1.54) is 0 Å². The van der Waals surface area contributed by atoms with E-state index in [9.17, 15) is 4.79 Å². The highest BCUT2D eigenvalue weighted by Crippen LogP contribution is 2.22. The van der Waals surface area contributed by atoms with Crippen LogP contribution in [0.1, 0.15) is 26.2 Å². The van der Waals surface area contributed by atoms with Gasteiger partial charge in [0.1, 0.15) is 11.5 Å². The first-order valence-electron chi connectivity index (χ1n) is 6.84. The molecule has 1 aromatic rings. The Morgan fingerprint density at radius 3 is 2.63 bits per heavy atom. The van der Waals surface area contributed by atoms with Gasteiger partial charge in [0.15, 0.2) is 6.10 Å². The Balaban J connectivity index is 2.03. The van der Waals surface area contributed by atoms with Crippen LogP contribution in [0.15, 0.2) is 24.3 Å². The molecule has 104 valence electrons. The summed E-state index contributed by atoms with van der Waals surface area (Å²) in [6, 6.07) is 7.37. The fourth-order valence-corrected chi connectivity index (χ4v) is 2.29. The lowest BCUT2D eigenvalue weighted by Gasteiger charge is -2.23. The first-order valence-corrected chi connectivity index (χ1v) is 6.84. The second kappa shape index (κ2) is 6.45. The molecular weight excluding hydrogens is 242 g/mol. The quantitative estimate of drug-likeness (QED) is 0.819. The van der Waals surface area contributed by atoms with Gasteiger partial charge in [-0.3, -0.25) is 4.79 Å². The molecule has 1 aliphatic rings. The SMILES string of the molecule is CC[C@@H](Oc1cccc(OC)c1)C(=O)N1CCCC1. The highest BCUT2D eigenvalue weighted by Gasteiger charge is 2.26. The summed E-state index contributed by atoms with van der Waals surface area (Å²) in [5, 5.41) is 0. The summed E-state index contributed by atoms with van der Waals surface area (Å²) < 4.78 is 11.0. The summed E-state index contributed by atoms with van der Waals surface area (Å²) in [5.41, 5.74) is 0. The van der Waals surface area contributed by atoms with Gasteiger partial charge in [0.05, 0.1) is 7.11 Å². The number of ether oxygens (including phenoxy) is 2. The van der Waals surface area contributed by atoms with E-state index in [1.54, 1.807) is 13.2 Å². The summed E-state index contributed by atoms with van der Waals surface area (Å²) in [5.74, 6) is 1.52. The summed E-state index contributed by atoms with van der Waals surface area (Å²) in [6.45, 7) is 3.69. The standard InChI is InChI=1S/C15H21NO3/c1-3-14(15(17)16-9-4-5-10-16)19-13-8-6-7-12(11-13)18-2/h6-8,11,14H,3-5,9-10H2,1-2H3/t14-/m1/s1. The van der Waals surface area contributed by atoms with Crippen molar-refractivity contribution >= 4 is 5.91 Å². The van der Waals surface area contributed by atoms with Gasteiger partial charge in [0.25, 0.3) is 5.91 Å². The van der Waals surface area contributed by atoms with Gasteiger partial charge < -0.3 is 14.4 Å². The molecule has 2 rings (SSSR count). The molecule has 0 unspecified atom stereocenters. The van der Waals surface area contributed by atoms with Crippen molar-refractivity contribution in [2.45, 2.75) is 32.3 Å². The van der Waals surface area contributed by atoms with E-state index in [4.69, 9.17) is 9.47 Å². The summed E-state index contributed by atoms with van der Waals surface area (Å²) >= 11 is 0. The van der Waals surface area contributed by atoms with E-state index in [1.807, 2.05) is 30.0 Å². The number of carbonyl (C=O) groups is 1. The summed E-state index contributed by atoms with van der Waals surface area (Å²) in [7, 11) is 1.62. The zero-order chi connectivity index (χ0) is 13.7. The molecule has 1 saturated heterocycles. The zero-order valence-corrected chi connectivity index (χ0v) is 11.6. The van der Waals surface area contributed by atoms with E-state index in [0.29, 0.717) is 12.2 Å². The number of benzene rings is 1. The molecule has 0 aliphatic carbocycles. The molecule has 1 aromatic carbocycles. The van der Waals surface area contributed by atoms with Crippen LogP contribution in [0, 0.1) is 0 Å². The Hall–Kier alpha value is -1.71. The van der Waals surface area contributed by atoms with Crippen LogP contribution in [-0.4, -0.2) is 37.1 Å². The molecule has 0 saturated carbocycles. The number of nitrogens with zero attached hydrogens (tertiary/aromatic N) is 1. The number of hydrogen-bond donors (Lipinski definition) is 0. The smallest absolute Gasteiger partial charge is 0.263 e. The van der Waals surface area contributed by atoms with Gasteiger partial charge in [-0.05, 0) is 31.4 Å². The predicted molar refractivity (Wildman–Crippen MR) is 73.5 cm³/mol. The molecule has 0 N–H and O–H groups in total. The van der Waals surface area contributed by atoms with Crippen molar-refractivity contribution in [1.82, 2.24) is 4.90 Å². The molecule has 1 heterocycles. The van der Waals surface area contributed by atoms with Crippen molar-refractivity contribution in [1.29, 1.82) is 0 Å². The van der Waals surface area contributed by atoms with Gasteiger partial charge >= 0.3 is 0 Å². The van der Waals surface area contributed by atoms with Gasteiger partial charge in [-0.25, -0.2) is 0 Å². The Bertz CT molecular complexity index is 427. The number of amides is 1. The molecule has 0 bridgehead atoms. The maximum absolute atomic E-state index is 12.3. The Labute approximate surface area is 114 Å². The number of likely N-dealkylation sites (tertiary alicyclic amines) is 1. The van der Waals surface area contributed by atoms with Gasteiger partial charge in [-0.15, -0.1) is 0 Å². The maximum atomic E-state index is 12.3. The first kappa shape index (κ1) is 13.7. The van der Waals surface area contributed by atoms with Gasteiger partial charge in [0, 0.05) is 19.2 Å². The average molecular weight is 263 g/mol. The number of rotatable bonds is 5. The predicted octanol–water partition coefficient (Wildman–Crippen LogP) is 2.48. The van der Waals surface area contributed by atoms with Gasteiger partial charge in [-0.2, -0.15) is 0 Å². The molecular formula is C15H21NO3.